The minimum Gasteiger partial charge on any atom is -0.456 e. The van der Waals surface area contributed by atoms with Gasteiger partial charge in [-0.25, -0.2) is 0 Å². The van der Waals surface area contributed by atoms with E-state index >= 15 is 0 Å². The van der Waals surface area contributed by atoms with E-state index in [9.17, 15) is 0 Å². The fourth-order valence-corrected chi connectivity index (χ4v) is 11.5. The Balaban J connectivity index is 1.09. The molecule has 0 unspecified atom stereocenters. The Hall–Kier alpha value is -6.84. The van der Waals surface area contributed by atoms with Crippen LogP contribution < -0.4 is 4.90 Å². The van der Waals surface area contributed by atoms with Gasteiger partial charge in [0.15, 0.2) is 0 Å². The lowest BCUT2D eigenvalue weighted by atomic mass is 9.79. The SMILES string of the molecule is CC(C)(C)c1cc(C(C)(C)C)c2oc3ccc4c(c3c2c1)-c1cccc(N(c2ccc(-c3cccc5c3oc3ccccc35)cc2)c2ccc3c(c2)C(C)(C)c2ccccc2-3)c1C4(C)C. The highest BCUT2D eigenvalue weighted by Gasteiger charge is 2.42. The summed E-state index contributed by atoms with van der Waals surface area (Å²) >= 11 is 0. The normalized spacial score (nSPS) is 14.9. The Labute approximate surface area is 382 Å². The van der Waals surface area contributed by atoms with Crippen LogP contribution in [-0.4, -0.2) is 0 Å². The molecule has 8 aromatic carbocycles. The first-order chi connectivity index (χ1) is 31.0. The molecule has 0 amide bonds. The van der Waals surface area contributed by atoms with Crippen LogP contribution >= 0.6 is 0 Å². The maximum atomic E-state index is 6.97. The third-order valence-corrected chi connectivity index (χ3v) is 14.9. The van der Waals surface area contributed by atoms with Crippen LogP contribution in [0, 0.1) is 0 Å². The average molecular weight is 846 g/mol. The van der Waals surface area contributed by atoms with E-state index in [-0.39, 0.29) is 21.7 Å². The van der Waals surface area contributed by atoms with Gasteiger partial charge in [0.2, 0.25) is 0 Å². The summed E-state index contributed by atoms with van der Waals surface area (Å²) in [6.45, 7) is 23.4. The molecule has 2 aliphatic carbocycles. The molecule has 0 saturated heterocycles. The predicted octanol–water partition coefficient (Wildman–Crippen LogP) is 17.8. The van der Waals surface area contributed by atoms with Gasteiger partial charge in [-0.3, -0.25) is 0 Å². The van der Waals surface area contributed by atoms with Crippen molar-refractivity contribution in [3.8, 4) is 33.4 Å². The van der Waals surface area contributed by atoms with Crippen molar-refractivity contribution in [1.82, 2.24) is 0 Å². The van der Waals surface area contributed by atoms with Crippen LogP contribution in [0.1, 0.15) is 103 Å². The molecule has 2 heterocycles. The van der Waals surface area contributed by atoms with Gasteiger partial charge in [-0.05, 0) is 115 Å². The van der Waals surface area contributed by atoms with Crippen molar-refractivity contribution in [2.75, 3.05) is 4.90 Å². The number of fused-ring (bicyclic) bond motifs is 13. The molecule has 0 atom stereocenters. The maximum Gasteiger partial charge on any atom is 0.143 e. The summed E-state index contributed by atoms with van der Waals surface area (Å²) in [5, 5.41) is 4.69. The summed E-state index contributed by atoms with van der Waals surface area (Å²) in [6, 6.07) is 56.3. The van der Waals surface area contributed by atoms with E-state index in [2.05, 4.69) is 220 Å². The minimum atomic E-state index is -0.325. The maximum absolute atomic E-state index is 6.97. The molecular formula is C62H55NO2. The fraction of sp³-hybridized carbons (Fsp3) is 0.226. The van der Waals surface area contributed by atoms with Crippen molar-refractivity contribution < 1.29 is 8.83 Å². The number of para-hydroxylation sites is 2. The molecule has 2 aromatic heterocycles. The van der Waals surface area contributed by atoms with Gasteiger partial charge in [-0.1, -0.05) is 172 Å². The predicted molar refractivity (Wildman–Crippen MR) is 274 cm³/mol. The van der Waals surface area contributed by atoms with Gasteiger partial charge in [-0.2, -0.15) is 0 Å². The number of furan rings is 2. The molecule has 0 fully saturated rings. The second kappa shape index (κ2) is 13.4. The third kappa shape index (κ3) is 5.67. The molecule has 12 rings (SSSR count). The molecule has 2 aliphatic rings. The van der Waals surface area contributed by atoms with E-state index in [0.29, 0.717) is 0 Å². The highest BCUT2D eigenvalue weighted by molar-refractivity contribution is 6.16. The van der Waals surface area contributed by atoms with Crippen LogP contribution in [0.3, 0.4) is 0 Å². The molecule has 0 aliphatic heterocycles. The molecule has 0 bridgehead atoms. The van der Waals surface area contributed by atoms with Crippen LogP contribution in [0.4, 0.5) is 17.1 Å². The minimum absolute atomic E-state index is 0.0273. The highest BCUT2D eigenvalue weighted by atomic mass is 16.3. The number of hydrogen-bond donors (Lipinski definition) is 0. The van der Waals surface area contributed by atoms with Gasteiger partial charge in [0.1, 0.15) is 22.3 Å². The average Bonchev–Trinajstić information content (AvgIpc) is 3.98. The van der Waals surface area contributed by atoms with Gasteiger partial charge in [0, 0.05) is 54.9 Å². The van der Waals surface area contributed by atoms with Crippen molar-refractivity contribution in [1.29, 1.82) is 0 Å². The lowest BCUT2D eigenvalue weighted by Crippen LogP contribution is -2.21. The molecule has 10 aromatic rings. The second-order valence-corrected chi connectivity index (χ2v) is 21.8. The smallest absolute Gasteiger partial charge is 0.143 e. The summed E-state index contributed by atoms with van der Waals surface area (Å²) in [5.41, 5.74) is 21.9. The van der Waals surface area contributed by atoms with Gasteiger partial charge < -0.3 is 13.7 Å². The summed E-state index contributed by atoms with van der Waals surface area (Å²) in [4.78, 5) is 2.51. The van der Waals surface area contributed by atoms with Crippen molar-refractivity contribution in [2.24, 2.45) is 0 Å². The molecule has 0 saturated carbocycles. The van der Waals surface area contributed by atoms with Crippen LogP contribution in [0.15, 0.2) is 160 Å². The zero-order valence-corrected chi connectivity index (χ0v) is 39.2. The molecule has 0 N–H and O–H groups in total. The first kappa shape index (κ1) is 39.7. The van der Waals surface area contributed by atoms with Gasteiger partial charge in [-0.15, -0.1) is 0 Å². The fourth-order valence-electron chi connectivity index (χ4n) is 11.5. The zero-order chi connectivity index (χ0) is 44.9. The first-order valence-corrected chi connectivity index (χ1v) is 23.3. The van der Waals surface area contributed by atoms with Crippen LogP contribution in [-0.2, 0) is 21.7 Å². The Kier molecular flexibility index (Phi) is 8.17. The standard InChI is InChI=1S/C62H55NO2/c1-59(2,3)37-33-46-55-53(65-58(46)50(34-37)60(4,5)6)32-31-48-54(55)45-21-16-23-51(56(45)62(48,9)10)63(39-29-30-42-41-17-11-13-22-47(41)61(7,8)49(42)35-39)38-27-25-36(26-28-38)40-19-15-20-44-43-18-12-14-24-52(43)64-57(40)44/h11-35H,1-10H3. The van der Waals surface area contributed by atoms with Gasteiger partial charge in [0.05, 0.1) is 5.69 Å². The number of rotatable bonds is 4. The van der Waals surface area contributed by atoms with E-state index in [0.717, 1.165) is 55.6 Å². The zero-order valence-electron chi connectivity index (χ0n) is 39.2. The summed E-state index contributed by atoms with van der Waals surface area (Å²) < 4.78 is 13.5. The summed E-state index contributed by atoms with van der Waals surface area (Å²) in [7, 11) is 0. The molecular weight excluding hydrogens is 791 g/mol. The Bertz CT molecular complexity index is 3610. The summed E-state index contributed by atoms with van der Waals surface area (Å²) in [5.74, 6) is 0. The second-order valence-electron chi connectivity index (χ2n) is 21.8. The number of benzene rings is 8. The molecule has 3 nitrogen and oxygen atoms in total. The Morgan fingerprint density at radius 1 is 0.446 bits per heavy atom. The topological polar surface area (TPSA) is 29.5 Å². The van der Waals surface area contributed by atoms with Crippen LogP contribution in [0.25, 0.3) is 77.3 Å². The van der Waals surface area contributed by atoms with E-state index in [4.69, 9.17) is 8.83 Å². The molecule has 65 heavy (non-hydrogen) atoms. The Morgan fingerprint density at radius 3 is 1.89 bits per heavy atom. The number of anilines is 3. The third-order valence-electron chi connectivity index (χ3n) is 14.9. The summed E-state index contributed by atoms with van der Waals surface area (Å²) in [6.07, 6.45) is 0. The largest absolute Gasteiger partial charge is 0.456 e. The van der Waals surface area contributed by atoms with Crippen molar-refractivity contribution in [3.05, 3.63) is 185 Å². The van der Waals surface area contributed by atoms with E-state index in [1.54, 1.807) is 0 Å². The van der Waals surface area contributed by atoms with Crippen LogP contribution in [0.5, 0.6) is 0 Å². The number of nitrogens with zero attached hydrogens (tertiary/aromatic N) is 1. The highest BCUT2D eigenvalue weighted by Crippen LogP contribution is 2.58. The first-order valence-electron chi connectivity index (χ1n) is 23.3. The van der Waals surface area contributed by atoms with E-state index in [1.165, 1.54) is 72.1 Å². The van der Waals surface area contributed by atoms with Gasteiger partial charge in [0.25, 0.3) is 0 Å². The van der Waals surface area contributed by atoms with E-state index in [1.807, 2.05) is 6.07 Å². The molecule has 0 spiro atoms. The van der Waals surface area contributed by atoms with Crippen molar-refractivity contribution in [3.63, 3.8) is 0 Å². The van der Waals surface area contributed by atoms with Crippen molar-refractivity contribution >= 4 is 60.9 Å². The lowest BCUT2D eigenvalue weighted by Gasteiger charge is -2.33. The van der Waals surface area contributed by atoms with Crippen molar-refractivity contribution in [2.45, 2.75) is 90.9 Å². The Morgan fingerprint density at radius 2 is 1.11 bits per heavy atom. The van der Waals surface area contributed by atoms with Gasteiger partial charge >= 0.3 is 0 Å². The monoisotopic (exact) mass is 845 g/mol. The lowest BCUT2D eigenvalue weighted by molar-refractivity contribution is 0.559. The molecule has 320 valence electrons. The molecule has 3 heteroatoms. The molecule has 0 radical (unpaired) electrons. The number of hydrogen-bond acceptors (Lipinski definition) is 3. The van der Waals surface area contributed by atoms with E-state index < -0.39 is 0 Å². The quantitative estimate of drug-likeness (QED) is 0.177. The van der Waals surface area contributed by atoms with Crippen LogP contribution in [0.2, 0.25) is 0 Å².